The van der Waals surface area contributed by atoms with Gasteiger partial charge in [0.15, 0.2) is 11.6 Å². The van der Waals surface area contributed by atoms with E-state index in [1.165, 1.54) is 0 Å². The smallest absolute Gasteiger partial charge is 0.192 e. The van der Waals surface area contributed by atoms with Crippen molar-refractivity contribution in [2.24, 2.45) is 5.41 Å². The van der Waals surface area contributed by atoms with Crippen LogP contribution in [0.2, 0.25) is 5.02 Å². The molecule has 1 heterocycles. The van der Waals surface area contributed by atoms with Crippen LogP contribution in [0.15, 0.2) is 89.6 Å². The second-order valence-electron chi connectivity index (χ2n) is 10.6. The molecule has 2 aliphatic carbocycles. The van der Waals surface area contributed by atoms with Crippen molar-refractivity contribution in [3.63, 3.8) is 0 Å². The summed E-state index contributed by atoms with van der Waals surface area (Å²) < 4.78 is 0. The van der Waals surface area contributed by atoms with E-state index >= 15 is 0 Å². The number of nitrogens with zero attached hydrogens (tertiary/aromatic N) is 1. The SMILES string of the molecule is Cc1ccc(N2C3=C(C(=O)CC(C)(C)C3)C(c3ccc(Cl)cc3)C3=C2c2ccccc2C3=O)cc1. The molecule has 35 heavy (non-hydrogen) atoms. The monoisotopic (exact) mass is 479 g/mol. The fourth-order valence-electron chi connectivity index (χ4n) is 5.87. The van der Waals surface area contributed by atoms with Crippen LogP contribution in [0.5, 0.6) is 0 Å². The number of hydrogen-bond donors (Lipinski definition) is 0. The van der Waals surface area contributed by atoms with E-state index in [1.807, 2.05) is 48.5 Å². The molecule has 0 saturated heterocycles. The molecule has 4 heteroatoms. The van der Waals surface area contributed by atoms with Crippen molar-refractivity contribution in [1.29, 1.82) is 0 Å². The highest BCUT2D eigenvalue weighted by atomic mass is 35.5. The van der Waals surface area contributed by atoms with Crippen molar-refractivity contribution < 1.29 is 9.59 Å². The minimum absolute atomic E-state index is 0.00292. The number of halogens is 1. The summed E-state index contributed by atoms with van der Waals surface area (Å²) in [5.74, 6) is -0.303. The van der Waals surface area contributed by atoms with E-state index < -0.39 is 5.92 Å². The fourth-order valence-corrected chi connectivity index (χ4v) is 6.00. The third kappa shape index (κ3) is 3.41. The molecule has 0 saturated carbocycles. The van der Waals surface area contributed by atoms with Gasteiger partial charge in [0, 0.05) is 51.0 Å². The van der Waals surface area contributed by atoms with E-state index in [2.05, 4.69) is 49.9 Å². The number of benzene rings is 3. The van der Waals surface area contributed by atoms with Gasteiger partial charge >= 0.3 is 0 Å². The Morgan fingerprint density at radius 1 is 0.829 bits per heavy atom. The molecule has 0 radical (unpaired) electrons. The maximum Gasteiger partial charge on any atom is 0.192 e. The third-order valence-electron chi connectivity index (χ3n) is 7.39. The molecule has 3 aromatic rings. The molecular formula is C31H26ClNO2. The molecule has 0 fully saturated rings. The second kappa shape index (κ2) is 7.79. The highest BCUT2D eigenvalue weighted by Gasteiger charge is 2.49. The summed E-state index contributed by atoms with van der Waals surface area (Å²) in [6.45, 7) is 6.36. The number of fused-ring (bicyclic) bond motifs is 2. The van der Waals surface area contributed by atoms with Crippen molar-refractivity contribution in [2.45, 2.75) is 39.5 Å². The van der Waals surface area contributed by atoms with Gasteiger partial charge in [0.05, 0.1) is 5.70 Å². The van der Waals surface area contributed by atoms with Gasteiger partial charge in [-0.05, 0) is 48.6 Å². The van der Waals surface area contributed by atoms with Crippen LogP contribution in [0, 0.1) is 12.3 Å². The number of carbonyl (C=O) groups excluding carboxylic acids is 2. The normalized spacial score (nSPS) is 20.7. The zero-order valence-electron chi connectivity index (χ0n) is 20.1. The molecule has 174 valence electrons. The number of allylic oxidation sites excluding steroid dienone is 3. The lowest BCUT2D eigenvalue weighted by atomic mass is 9.68. The fraction of sp³-hybridized carbons (Fsp3) is 0.226. The average molecular weight is 480 g/mol. The van der Waals surface area contributed by atoms with Crippen LogP contribution in [0.25, 0.3) is 5.70 Å². The molecule has 0 amide bonds. The zero-order chi connectivity index (χ0) is 24.5. The Kier molecular flexibility index (Phi) is 4.91. The predicted molar refractivity (Wildman–Crippen MR) is 141 cm³/mol. The Morgan fingerprint density at radius 3 is 2.17 bits per heavy atom. The Labute approximate surface area is 210 Å². The van der Waals surface area contributed by atoms with Gasteiger partial charge in [-0.1, -0.05) is 79.5 Å². The van der Waals surface area contributed by atoms with Crippen molar-refractivity contribution >= 4 is 34.6 Å². The standard InChI is InChI=1S/C31H26ClNO2/c1-18-8-14-21(15-9-18)33-24-16-31(2,3)17-25(34)27(24)26(19-10-12-20(32)13-11-19)28-29(33)22-6-4-5-7-23(22)30(28)35/h4-15,26H,16-17H2,1-3H3. The first kappa shape index (κ1) is 22.1. The number of Topliss-reactive ketones (excluding diaryl/α,β-unsaturated/α-hetero) is 2. The van der Waals surface area contributed by atoms with Gasteiger partial charge in [-0.15, -0.1) is 0 Å². The van der Waals surface area contributed by atoms with Gasteiger partial charge in [-0.2, -0.15) is 0 Å². The summed E-state index contributed by atoms with van der Waals surface area (Å²) in [4.78, 5) is 30.0. The first-order chi connectivity index (χ1) is 16.7. The Morgan fingerprint density at radius 2 is 1.49 bits per heavy atom. The van der Waals surface area contributed by atoms with Gasteiger partial charge in [-0.3, -0.25) is 9.59 Å². The summed E-state index contributed by atoms with van der Waals surface area (Å²) in [6, 6.07) is 23.7. The third-order valence-corrected chi connectivity index (χ3v) is 7.64. The number of aryl methyl sites for hydroxylation is 1. The second-order valence-corrected chi connectivity index (χ2v) is 11.0. The molecular weight excluding hydrogens is 454 g/mol. The van der Waals surface area contributed by atoms with Crippen molar-refractivity contribution in [2.75, 3.05) is 4.90 Å². The van der Waals surface area contributed by atoms with Gasteiger partial charge in [0.25, 0.3) is 0 Å². The first-order valence-electron chi connectivity index (χ1n) is 12.0. The summed E-state index contributed by atoms with van der Waals surface area (Å²) >= 11 is 6.22. The number of anilines is 1. The Bertz CT molecular complexity index is 1460. The Hall–Kier alpha value is -3.43. The highest BCUT2D eigenvalue weighted by Crippen LogP contribution is 2.56. The molecule has 0 bridgehead atoms. The molecule has 1 atom stereocenters. The minimum atomic E-state index is -0.414. The van der Waals surface area contributed by atoms with Gasteiger partial charge in [0.2, 0.25) is 0 Å². The highest BCUT2D eigenvalue weighted by molar-refractivity contribution is 6.30. The van der Waals surface area contributed by atoms with Crippen LogP contribution in [0.3, 0.4) is 0 Å². The molecule has 0 N–H and O–H groups in total. The number of carbonyl (C=O) groups is 2. The van der Waals surface area contributed by atoms with Crippen molar-refractivity contribution in [1.82, 2.24) is 0 Å². The maximum absolute atomic E-state index is 14.0. The summed E-state index contributed by atoms with van der Waals surface area (Å²) in [7, 11) is 0. The van der Waals surface area contributed by atoms with Gasteiger partial charge < -0.3 is 4.90 Å². The van der Waals surface area contributed by atoms with E-state index in [0.29, 0.717) is 22.6 Å². The van der Waals surface area contributed by atoms with E-state index in [9.17, 15) is 9.59 Å². The van der Waals surface area contributed by atoms with E-state index in [-0.39, 0.29) is 17.0 Å². The quantitative estimate of drug-likeness (QED) is 0.381. The molecule has 3 aliphatic rings. The lowest BCUT2D eigenvalue weighted by Gasteiger charge is -2.44. The van der Waals surface area contributed by atoms with Crippen LogP contribution in [0.4, 0.5) is 5.69 Å². The van der Waals surface area contributed by atoms with Crippen LogP contribution in [0.1, 0.15) is 59.7 Å². The Balaban J connectivity index is 1.69. The number of ketones is 2. The molecule has 1 aliphatic heterocycles. The molecule has 3 nitrogen and oxygen atoms in total. The molecule has 3 aromatic carbocycles. The molecule has 0 aromatic heterocycles. The minimum Gasteiger partial charge on any atom is -0.313 e. The lowest BCUT2D eigenvalue weighted by molar-refractivity contribution is -0.118. The van der Waals surface area contributed by atoms with Crippen LogP contribution < -0.4 is 4.90 Å². The van der Waals surface area contributed by atoms with Gasteiger partial charge in [0.1, 0.15) is 0 Å². The van der Waals surface area contributed by atoms with E-state index in [4.69, 9.17) is 11.6 Å². The van der Waals surface area contributed by atoms with Gasteiger partial charge in [-0.25, -0.2) is 0 Å². The average Bonchev–Trinajstić information content (AvgIpc) is 3.11. The van der Waals surface area contributed by atoms with Crippen molar-refractivity contribution in [3.05, 3.63) is 117 Å². The number of rotatable bonds is 2. The summed E-state index contributed by atoms with van der Waals surface area (Å²) in [6.07, 6.45) is 1.21. The lowest BCUT2D eigenvalue weighted by Crippen LogP contribution is -2.39. The predicted octanol–water partition coefficient (Wildman–Crippen LogP) is 7.50. The topological polar surface area (TPSA) is 37.4 Å². The summed E-state index contributed by atoms with van der Waals surface area (Å²) in [5, 5.41) is 0.631. The largest absolute Gasteiger partial charge is 0.313 e. The van der Waals surface area contributed by atoms with E-state index in [1.54, 1.807) is 0 Å². The molecule has 6 rings (SSSR count). The van der Waals surface area contributed by atoms with Crippen molar-refractivity contribution in [3.8, 4) is 0 Å². The summed E-state index contributed by atoms with van der Waals surface area (Å²) in [5.41, 5.74) is 7.83. The van der Waals surface area contributed by atoms with E-state index in [0.717, 1.165) is 45.8 Å². The zero-order valence-corrected chi connectivity index (χ0v) is 20.8. The molecule has 0 spiro atoms. The van der Waals surface area contributed by atoms with Crippen LogP contribution in [-0.2, 0) is 4.79 Å². The first-order valence-corrected chi connectivity index (χ1v) is 12.4. The molecule has 1 unspecified atom stereocenters. The van der Waals surface area contributed by atoms with Crippen LogP contribution in [-0.4, -0.2) is 11.6 Å². The number of hydrogen-bond acceptors (Lipinski definition) is 3. The maximum atomic E-state index is 14.0. The van der Waals surface area contributed by atoms with Crippen LogP contribution >= 0.6 is 11.6 Å².